The standard InChI is InChI=1S/C29H42O9/c1-27-8-5-17(37-26-25(34)24(33)23(32)21(13-30)38-26)12-16(27)3-4-20-19(27)6-9-28(2)18(7-10-29(20,28)35)15-11-22(31)36-14-15/h7,11,16-17,19-21,23-26,30,32-35H,3-6,8-10,12-14H2,1-2H3/t16-,17-,19+,20-,21-,23-,24+,25-,26-,27+,28-,29+/m1/s1. The summed E-state index contributed by atoms with van der Waals surface area (Å²) >= 11 is 0. The van der Waals surface area contributed by atoms with Gasteiger partial charge in [0.1, 0.15) is 31.0 Å². The Bertz CT molecular complexity index is 1020. The highest BCUT2D eigenvalue weighted by atomic mass is 16.7. The van der Waals surface area contributed by atoms with E-state index >= 15 is 0 Å². The van der Waals surface area contributed by atoms with Crippen LogP contribution in [0.4, 0.5) is 0 Å². The lowest BCUT2D eigenvalue weighted by Gasteiger charge is -2.63. The van der Waals surface area contributed by atoms with Crippen LogP contribution in [0.15, 0.2) is 23.3 Å². The predicted octanol–water partition coefficient (Wildman–Crippen LogP) is 1.35. The molecular weight excluding hydrogens is 492 g/mol. The third-order valence-corrected chi connectivity index (χ3v) is 11.6. The molecule has 2 heterocycles. The van der Waals surface area contributed by atoms with E-state index in [1.54, 1.807) is 6.08 Å². The van der Waals surface area contributed by atoms with Gasteiger partial charge in [0.2, 0.25) is 0 Å². The molecule has 6 rings (SSSR count). The SMILES string of the molecule is C[C@]12CC[C@@H](O[C@@H]3O[C@H](CO)[C@@H](O)[C@H](O)[C@H]3O)C[C@H]1CC[C@@H]1[C@@H]2CC[C@]2(C)C(C3=CC(=O)OC3)=CC[C@]12O. The Morgan fingerprint density at radius 1 is 1.03 bits per heavy atom. The van der Waals surface area contributed by atoms with Crippen molar-refractivity contribution in [3.63, 3.8) is 0 Å². The Morgan fingerprint density at radius 2 is 1.82 bits per heavy atom. The lowest BCUT2D eigenvalue weighted by Crippen LogP contribution is -2.62. The summed E-state index contributed by atoms with van der Waals surface area (Å²) in [5.74, 6) is 0.663. The molecule has 4 aliphatic carbocycles. The highest BCUT2D eigenvalue weighted by Gasteiger charge is 2.66. The fourth-order valence-electron chi connectivity index (χ4n) is 9.27. The van der Waals surface area contributed by atoms with Crippen LogP contribution in [0, 0.1) is 28.6 Å². The molecule has 38 heavy (non-hydrogen) atoms. The minimum Gasteiger partial charge on any atom is -0.458 e. The quantitative estimate of drug-likeness (QED) is 0.266. The molecule has 0 aromatic carbocycles. The van der Waals surface area contributed by atoms with Crippen LogP contribution in [0.25, 0.3) is 0 Å². The van der Waals surface area contributed by atoms with E-state index in [2.05, 4.69) is 19.9 Å². The summed E-state index contributed by atoms with van der Waals surface area (Å²) in [6.45, 7) is 4.36. The van der Waals surface area contributed by atoms with E-state index < -0.39 is 42.9 Å². The molecule has 3 saturated carbocycles. The van der Waals surface area contributed by atoms with Crippen molar-refractivity contribution in [2.75, 3.05) is 13.2 Å². The number of rotatable bonds is 4. The maximum atomic E-state index is 12.3. The molecule has 212 valence electrons. The molecule has 2 aliphatic heterocycles. The van der Waals surface area contributed by atoms with Crippen LogP contribution in [0.3, 0.4) is 0 Å². The number of hydrogen-bond donors (Lipinski definition) is 5. The fraction of sp³-hybridized carbons (Fsp3) is 0.828. The maximum Gasteiger partial charge on any atom is 0.331 e. The van der Waals surface area contributed by atoms with Crippen LogP contribution in [0.5, 0.6) is 0 Å². The number of esters is 1. The van der Waals surface area contributed by atoms with Gasteiger partial charge >= 0.3 is 5.97 Å². The molecule has 0 radical (unpaired) electrons. The van der Waals surface area contributed by atoms with Crippen molar-refractivity contribution in [1.29, 1.82) is 0 Å². The summed E-state index contributed by atoms with van der Waals surface area (Å²) < 4.78 is 17.0. The largest absolute Gasteiger partial charge is 0.458 e. The van der Waals surface area contributed by atoms with Gasteiger partial charge in [0.05, 0.1) is 18.3 Å². The molecule has 1 saturated heterocycles. The molecular formula is C29H42O9. The Labute approximate surface area is 223 Å². The van der Waals surface area contributed by atoms with Gasteiger partial charge in [-0.2, -0.15) is 0 Å². The second-order valence-electron chi connectivity index (χ2n) is 13.1. The third kappa shape index (κ3) is 3.80. The number of aliphatic hydroxyl groups excluding tert-OH is 4. The molecule has 12 atom stereocenters. The Hall–Kier alpha value is -1.33. The van der Waals surface area contributed by atoms with E-state index in [0.29, 0.717) is 24.9 Å². The number of hydrogen-bond acceptors (Lipinski definition) is 9. The molecule has 0 aromatic rings. The topological polar surface area (TPSA) is 146 Å². The van der Waals surface area contributed by atoms with E-state index in [1.165, 1.54) is 0 Å². The van der Waals surface area contributed by atoms with Crippen LogP contribution in [-0.4, -0.2) is 87.1 Å². The minimum atomic E-state index is -1.44. The number of fused-ring (bicyclic) bond motifs is 5. The normalized spacial score (nSPS) is 52.4. The lowest BCUT2D eigenvalue weighted by molar-refractivity contribution is -0.317. The zero-order chi connectivity index (χ0) is 27.0. The fourth-order valence-corrected chi connectivity index (χ4v) is 9.27. The second-order valence-corrected chi connectivity index (χ2v) is 13.1. The molecule has 9 heteroatoms. The molecule has 9 nitrogen and oxygen atoms in total. The first-order valence-corrected chi connectivity index (χ1v) is 14.3. The third-order valence-electron chi connectivity index (χ3n) is 11.6. The van der Waals surface area contributed by atoms with Crippen LogP contribution in [0.2, 0.25) is 0 Å². The minimum absolute atomic E-state index is 0.0592. The zero-order valence-corrected chi connectivity index (χ0v) is 22.3. The van der Waals surface area contributed by atoms with Gasteiger partial charge in [-0.05, 0) is 80.1 Å². The summed E-state index contributed by atoms with van der Waals surface area (Å²) in [4.78, 5) is 11.8. The van der Waals surface area contributed by atoms with Crippen molar-refractivity contribution in [3.05, 3.63) is 23.3 Å². The zero-order valence-electron chi connectivity index (χ0n) is 22.3. The Balaban J connectivity index is 1.16. The van der Waals surface area contributed by atoms with Crippen LogP contribution in [-0.2, 0) is 19.0 Å². The summed E-state index contributed by atoms with van der Waals surface area (Å²) in [5.41, 5.74) is 0.838. The smallest absolute Gasteiger partial charge is 0.331 e. The first-order chi connectivity index (χ1) is 18.0. The number of ether oxygens (including phenoxy) is 3. The first-order valence-electron chi connectivity index (χ1n) is 14.3. The van der Waals surface area contributed by atoms with Gasteiger partial charge in [0, 0.05) is 17.1 Å². The molecule has 0 amide bonds. The monoisotopic (exact) mass is 534 g/mol. The number of aliphatic hydroxyl groups is 5. The summed E-state index contributed by atoms with van der Waals surface area (Å²) in [7, 11) is 0. The van der Waals surface area contributed by atoms with E-state index in [0.717, 1.165) is 56.1 Å². The van der Waals surface area contributed by atoms with E-state index in [4.69, 9.17) is 14.2 Å². The van der Waals surface area contributed by atoms with Gasteiger partial charge in [-0.3, -0.25) is 0 Å². The van der Waals surface area contributed by atoms with Gasteiger partial charge in [0.15, 0.2) is 6.29 Å². The number of carbonyl (C=O) groups excluding carboxylic acids is 1. The predicted molar refractivity (Wildman–Crippen MR) is 134 cm³/mol. The highest BCUT2D eigenvalue weighted by Crippen LogP contribution is 2.68. The van der Waals surface area contributed by atoms with Gasteiger partial charge in [-0.1, -0.05) is 19.9 Å². The first kappa shape index (κ1) is 26.9. The summed E-state index contributed by atoms with van der Waals surface area (Å²) in [5, 5.41) is 52.5. The number of cyclic esters (lactones) is 1. The Morgan fingerprint density at radius 3 is 2.53 bits per heavy atom. The van der Waals surface area contributed by atoms with Crippen molar-refractivity contribution in [2.45, 2.75) is 108 Å². The van der Waals surface area contributed by atoms with Crippen molar-refractivity contribution < 1.29 is 44.5 Å². The van der Waals surface area contributed by atoms with Crippen molar-refractivity contribution >= 4 is 5.97 Å². The second kappa shape index (κ2) is 9.36. The van der Waals surface area contributed by atoms with Crippen molar-refractivity contribution in [3.8, 4) is 0 Å². The van der Waals surface area contributed by atoms with E-state index in [9.17, 15) is 30.3 Å². The van der Waals surface area contributed by atoms with Crippen LogP contribution < -0.4 is 0 Å². The van der Waals surface area contributed by atoms with E-state index in [-0.39, 0.29) is 28.8 Å². The van der Waals surface area contributed by atoms with Crippen molar-refractivity contribution in [1.82, 2.24) is 0 Å². The molecule has 5 N–H and O–H groups in total. The molecule has 0 bridgehead atoms. The molecule has 0 aromatic heterocycles. The van der Waals surface area contributed by atoms with Crippen LogP contribution in [0.1, 0.15) is 65.2 Å². The van der Waals surface area contributed by atoms with Gasteiger partial charge in [-0.15, -0.1) is 0 Å². The average Bonchev–Trinajstić information content (AvgIpc) is 3.44. The molecule has 0 unspecified atom stereocenters. The van der Waals surface area contributed by atoms with E-state index in [1.807, 2.05) is 0 Å². The lowest BCUT2D eigenvalue weighted by atomic mass is 9.43. The maximum absolute atomic E-state index is 12.3. The van der Waals surface area contributed by atoms with Gasteiger partial charge in [-0.25, -0.2) is 4.79 Å². The molecule has 6 aliphatic rings. The van der Waals surface area contributed by atoms with Crippen molar-refractivity contribution in [2.24, 2.45) is 28.6 Å². The summed E-state index contributed by atoms with van der Waals surface area (Å²) in [6.07, 6.45) is 4.19. The molecule has 4 fully saturated rings. The number of carbonyl (C=O) groups is 1. The highest BCUT2D eigenvalue weighted by molar-refractivity contribution is 5.86. The average molecular weight is 535 g/mol. The summed E-state index contributed by atoms with van der Waals surface area (Å²) in [6, 6.07) is 0. The van der Waals surface area contributed by atoms with Gasteiger partial charge < -0.3 is 39.7 Å². The Kier molecular flexibility index (Phi) is 6.62. The van der Waals surface area contributed by atoms with Crippen LogP contribution >= 0.6 is 0 Å². The van der Waals surface area contributed by atoms with Gasteiger partial charge in [0.25, 0.3) is 0 Å². The molecule has 0 spiro atoms.